The third-order valence-electron chi connectivity index (χ3n) is 1.92. The number of nitrogens with one attached hydrogen (secondary N) is 1. The number of nitrogens with zero attached hydrogens (tertiary/aromatic N) is 2. The molecule has 0 aliphatic heterocycles. The summed E-state index contributed by atoms with van der Waals surface area (Å²) >= 11 is 5.04. The Hall–Kier alpha value is -1.32. The quantitative estimate of drug-likeness (QED) is 0.823. The lowest BCUT2D eigenvalue weighted by atomic mass is 10.2. The van der Waals surface area contributed by atoms with Gasteiger partial charge in [-0.3, -0.25) is 0 Å². The van der Waals surface area contributed by atoms with Crippen LogP contribution in [-0.2, 0) is 20.6 Å². The topological polar surface area (TPSA) is 52.5 Å². The van der Waals surface area contributed by atoms with E-state index in [1.807, 2.05) is 12.3 Å². The van der Waals surface area contributed by atoms with Gasteiger partial charge in [0, 0.05) is 0 Å². The molecule has 1 atom stereocenters. The molecular formula is C9H6FN3S2. The molecule has 1 aromatic carbocycles. The minimum absolute atomic E-state index is 0.244. The highest BCUT2D eigenvalue weighted by Crippen LogP contribution is 2.18. The van der Waals surface area contributed by atoms with Crippen LogP contribution in [0.4, 0.5) is 4.39 Å². The lowest BCUT2D eigenvalue weighted by molar-refractivity contribution is 0.636. The molecule has 1 unspecified atom stereocenters. The molecule has 1 heterocycles. The van der Waals surface area contributed by atoms with Gasteiger partial charge in [0.1, 0.15) is 5.52 Å². The maximum Gasteiger partial charge on any atom is 0.170 e. The Morgan fingerprint density at radius 2 is 2.33 bits per heavy atom. The smallest absolute Gasteiger partial charge is 0.170 e. The number of aromatic amines is 1. The first kappa shape index (κ1) is 10.2. The fourth-order valence-electron chi connectivity index (χ4n) is 1.25. The summed E-state index contributed by atoms with van der Waals surface area (Å²) in [5.74, 6) is -0.494. The highest BCUT2D eigenvalue weighted by molar-refractivity contribution is 8.28. The third kappa shape index (κ3) is 1.76. The molecule has 0 saturated heterocycles. The Bertz CT molecular complexity index is 597. The van der Waals surface area contributed by atoms with Crippen LogP contribution in [0.1, 0.15) is 5.56 Å². The monoisotopic (exact) mass is 239 g/mol. The van der Waals surface area contributed by atoms with E-state index in [0.29, 0.717) is 10.7 Å². The van der Waals surface area contributed by atoms with Crippen molar-refractivity contribution in [3.8, 4) is 6.07 Å². The molecule has 3 nitrogen and oxygen atoms in total. The van der Waals surface area contributed by atoms with E-state index in [2.05, 4.69) is 9.97 Å². The molecule has 0 bridgehead atoms. The van der Waals surface area contributed by atoms with Gasteiger partial charge in [0.15, 0.2) is 11.0 Å². The predicted molar refractivity (Wildman–Crippen MR) is 59.7 cm³/mol. The van der Waals surface area contributed by atoms with Crippen LogP contribution in [0.2, 0.25) is 0 Å². The van der Waals surface area contributed by atoms with E-state index in [0.717, 1.165) is 0 Å². The number of H-pyrrole nitrogens is 1. The number of fused-ring (bicyclic) bond motifs is 1. The Balaban J connectivity index is 2.76. The average Bonchev–Trinajstić information content (AvgIpc) is 2.61. The van der Waals surface area contributed by atoms with E-state index >= 15 is 0 Å². The third-order valence-corrected chi connectivity index (χ3v) is 3.13. The molecule has 2 rings (SSSR count). The number of hydrogen-bond donors (Lipinski definition) is 1. The van der Waals surface area contributed by atoms with Crippen molar-refractivity contribution in [1.29, 1.82) is 5.26 Å². The van der Waals surface area contributed by atoms with Gasteiger partial charge in [-0.05, 0) is 29.6 Å². The Morgan fingerprint density at radius 3 is 2.93 bits per heavy atom. The maximum atomic E-state index is 13.4. The summed E-state index contributed by atoms with van der Waals surface area (Å²) in [4.78, 5) is 6.97. The van der Waals surface area contributed by atoms with Crippen LogP contribution in [0.15, 0.2) is 17.3 Å². The van der Waals surface area contributed by atoms with Crippen molar-refractivity contribution >= 4 is 31.7 Å². The van der Waals surface area contributed by atoms with Crippen molar-refractivity contribution in [2.45, 2.75) is 5.16 Å². The lowest BCUT2D eigenvalue weighted by Gasteiger charge is -1.91. The van der Waals surface area contributed by atoms with Crippen LogP contribution in [-0.4, -0.2) is 16.2 Å². The first-order chi connectivity index (χ1) is 7.11. The number of rotatable bonds is 1. The molecule has 15 heavy (non-hydrogen) atoms. The maximum absolute atomic E-state index is 13.4. The normalized spacial score (nSPS) is 12.6. The molecular weight excluding hydrogens is 233 g/mol. The summed E-state index contributed by atoms with van der Waals surface area (Å²) in [7, 11) is -0.461. The van der Waals surface area contributed by atoms with Crippen molar-refractivity contribution in [2.75, 3.05) is 6.26 Å². The van der Waals surface area contributed by atoms with Crippen molar-refractivity contribution in [3.63, 3.8) is 0 Å². The van der Waals surface area contributed by atoms with E-state index in [9.17, 15) is 4.39 Å². The van der Waals surface area contributed by atoms with E-state index in [-0.39, 0.29) is 11.1 Å². The van der Waals surface area contributed by atoms with Crippen LogP contribution < -0.4 is 0 Å². The van der Waals surface area contributed by atoms with Gasteiger partial charge in [0.05, 0.1) is 17.1 Å². The van der Waals surface area contributed by atoms with E-state index < -0.39 is 15.3 Å². The summed E-state index contributed by atoms with van der Waals surface area (Å²) in [5, 5.41) is 9.25. The first-order valence-corrected chi connectivity index (χ1v) is 6.60. The molecule has 0 spiro atoms. The summed E-state index contributed by atoms with van der Waals surface area (Å²) in [6.45, 7) is 0. The number of hydrogen-bond acceptors (Lipinski definition) is 3. The Kier molecular flexibility index (Phi) is 2.50. The van der Waals surface area contributed by atoms with Gasteiger partial charge in [0.25, 0.3) is 0 Å². The largest absolute Gasteiger partial charge is 0.333 e. The number of benzene rings is 1. The van der Waals surface area contributed by atoms with Crippen LogP contribution >= 0.6 is 0 Å². The Morgan fingerprint density at radius 1 is 1.60 bits per heavy atom. The van der Waals surface area contributed by atoms with Gasteiger partial charge in [-0.1, -0.05) is 9.45 Å². The van der Waals surface area contributed by atoms with Crippen molar-refractivity contribution in [3.05, 3.63) is 23.5 Å². The molecule has 2 aromatic rings. The van der Waals surface area contributed by atoms with Gasteiger partial charge >= 0.3 is 0 Å². The second-order valence-corrected chi connectivity index (χ2v) is 5.76. The van der Waals surface area contributed by atoms with Crippen LogP contribution in [0.25, 0.3) is 11.0 Å². The standard InChI is InChI=1S/C9H6FN3S2/c1-15(14)9-12-7-3-5(4-11)2-6(10)8(7)13-9/h2-3H,1H3,(H,12,13). The molecule has 6 heteroatoms. The van der Waals surface area contributed by atoms with Crippen LogP contribution in [0.5, 0.6) is 0 Å². The molecule has 0 aliphatic carbocycles. The fraction of sp³-hybridized carbons (Fsp3) is 0.111. The molecule has 0 amide bonds. The van der Waals surface area contributed by atoms with Gasteiger partial charge in [-0.15, -0.1) is 0 Å². The first-order valence-electron chi connectivity index (χ1n) is 4.04. The van der Waals surface area contributed by atoms with E-state index in [1.165, 1.54) is 6.07 Å². The highest BCUT2D eigenvalue weighted by atomic mass is 32.8. The molecule has 76 valence electrons. The van der Waals surface area contributed by atoms with Gasteiger partial charge < -0.3 is 4.98 Å². The molecule has 1 N–H and O–H groups in total. The van der Waals surface area contributed by atoms with Crippen LogP contribution in [0, 0.1) is 17.1 Å². The Labute approximate surface area is 92.5 Å². The minimum atomic E-state index is -0.494. The van der Waals surface area contributed by atoms with Crippen molar-refractivity contribution in [2.24, 2.45) is 0 Å². The number of imidazole rings is 1. The van der Waals surface area contributed by atoms with Gasteiger partial charge in [0.2, 0.25) is 0 Å². The van der Waals surface area contributed by atoms with Gasteiger partial charge in [-0.25, -0.2) is 9.37 Å². The molecule has 0 aliphatic rings. The average molecular weight is 239 g/mol. The number of aromatic nitrogens is 2. The molecule has 1 aromatic heterocycles. The highest BCUT2D eigenvalue weighted by Gasteiger charge is 2.09. The van der Waals surface area contributed by atoms with Gasteiger partial charge in [-0.2, -0.15) is 5.26 Å². The molecule has 0 saturated carbocycles. The van der Waals surface area contributed by atoms with Crippen LogP contribution in [0.3, 0.4) is 0 Å². The fourth-order valence-corrected chi connectivity index (χ4v) is 1.96. The second-order valence-electron chi connectivity index (χ2n) is 2.96. The summed E-state index contributed by atoms with van der Waals surface area (Å²) < 4.78 is 13.4. The van der Waals surface area contributed by atoms with Crippen molar-refractivity contribution < 1.29 is 4.39 Å². The SMILES string of the molecule is CS(=S)c1nc2c(F)cc(C#N)cc2[nH]1. The zero-order chi connectivity index (χ0) is 11.0. The zero-order valence-electron chi connectivity index (χ0n) is 7.74. The lowest BCUT2D eigenvalue weighted by Crippen LogP contribution is -1.87. The second kappa shape index (κ2) is 3.68. The number of nitriles is 1. The molecule has 0 radical (unpaired) electrons. The number of halogens is 1. The summed E-state index contributed by atoms with van der Waals surface area (Å²) in [5.41, 5.74) is 1.04. The van der Waals surface area contributed by atoms with E-state index in [4.69, 9.17) is 16.4 Å². The summed E-state index contributed by atoms with van der Waals surface area (Å²) in [6, 6.07) is 4.62. The minimum Gasteiger partial charge on any atom is -0.333 e. The predicted octanol–water partition coefficient (Wildman–Crippen LogP) is 1.64. The van der Waals surface area contributed by atoms with Crippen molar-refractivity contribution in [1.82, 2.24) is 9.97 Å². The summed E-state index contributed by atoms with van der Waals surface area (Å²) in [6.07, 6.45) is 1.82. The molecule has 0 fully saturated rings. The zero-order valence-corrected chi connectivity index (χ0v) is 9.38. The van der Waals surface area contributed by atoms with E-state index in [1.54, 1.807) is 6.07 Å².